The zero-order valence-electron chi connectivity index (χ0n) is 9.86. The van der Waals surface area contributed by atoms with Crippen molar-refractivity contribution in [3.05, 3.63) is 35.4 Å². The molecule has 0 bridgehead atoms. The summed E-state index contributed by atoms with van der Waals surface area (Å²) in [5, 5.41) is 0. The molecule has 1 aliphatic heterocycles. The first-order valence-electron chi connectivity index (χ1n) is 5.80. The van der Waals surface area contributed by atoms with Crippen LogP contribution in [0, 0.1) is 11.6 Å². The summed E-state index contributed by atoms with van der Waals surface area (Å²) >= 11 is 1.79. The number of hydrazine groups is 1. The summed E-state index contributed by atoms with van der Waals surface area (Å²) in [4.78, 5) is 0. The predicted molar refractivity (Wildman–Crippen MR) is 68.2 cm³/mol. The van der Waals surface area contributed by atoms with Gasteiger partial charge in [-0.25, -0.2) is 8.78 Å². The summed E-state index contributed by atoms with van der Waals surface area (Å²) in [5.74, 6) is 6.18. The van der Waals surface area contributed by atoms with E-state index in [0.717, 1.165) is 17.6 Å². The molecule has 1 aliphatic rings. The van der Waals surface area contributed by atoms with Crippen molar-refractivity contribution in [2.45, 2.75) is 18.6 Å². The fourth-order valence-electron chi connectivity index (χ4n) is 1.96. The van der Waals surface area contributed by atoms with Crippen LogP contribution in [0.1, 0.15) is 5.56 Å². The van der Waals surface area contributed by atoms with E-state index in [-0.39, 0.29) is 12.1 Å². The van der Waals surface area contributed by atoms with Gasteiger partial charge >= 0.3 is 0 Å². The van der Waals surface area contributed by atoms with Crippen molar-refractivity contribution >= 4 is 11.8 Å². The number of rotatable bonds is 4. The van der Waals surface area contributed by atoms with Gasteiger partial charge < -0.3 is 4.74 Å². The highest BCUT2D eigenvalue weighted by Gasteiger charge is 2.25. The monoisotopic (exact) mass is 274 g/mol. The molecule has 1 aromatic carbocycles. The van der Waals surface area contributed by atoms with E-state index in [2.05, 4.69) is 5.43 Å². The maximum absolute atomic E-state index is 13.6. The summed E-state index contributed by atoms with van der Waals surface area (Å²) in [6.45, 7) is 0.680. The largest absolute Gasteiger partial charge is 0.375 e. The van der Waals surface area contributed by atoms with Crippen molar-refractivity contribution in [3.63, 3.8) is 0 Å². The second-order valence-electron chi connectivity index (χ2n) is 4.20. The third-order valence-corrected chi connectivity index (χ3v) is 3.98. The Morgan fingerprint density at radius 3 is 2.94 bits per heavy atom. The Bertz CT molecular complexity index is 400. The fraction of sp³-hybridized carbons (Fsp3) is 0.500. The molecule has 0 amide bonds. The Labute approximate surface area is 109 Å². The number of halogens is 2. The van der Waals surface area contributed by atoms with E-state index in [1.165, 1.54) is 12.1 Å². The fourth-order valence-corrected chi connectivity index (χ4v) is 2.90. The quantitative estimate of drug-likeness (QED) is 0.645. The lowest BCUT2D eigenvalue weighted by molar-refractivity contribution is 0.0470. The Kier molecular flexibility index (Phi) is 4.94. The van der Waals surface area contributed by atoms with Gasteiger partial charge in [0.15, 0.2) is 0 Å². The molecule has 6 heteroatoms. The van der Waals surface area contributed by atoms with E-state index in [1.807, 2.05) is 0 Å². The number of ether oxygens (including phenoxy) is 1. The Hall–Kier alpha value is -0.690. The average Bonchev–Trinajstić information content (AvgIpc) is 2.39. The van der Waals surface area contributed by atoms with Crippen molar-refractivity contribution in [1.82, 2.24) is 5.43 Å². The van der Waals surface area contributed by atoms with Crippen LogP contribution in [0.15, 0.2) is 18.2 Å². The van der Waals surface area contributed by atoms with Gasteiger partial charge in [0, 0.05) is 17.6 Å². The topological polar surface area (TPSA) is 47.3 Å². The molecule has 2 atom stereocenters. The van der Waals surface area contributed by atoms with Crippen molar-refractivity contribution in [3.8, 4) is 0 Å². The Morgan fingerprint density at radius 2 is 2.33 bits per heavy atom. The van der Waals surface area contributed by atoms with E-state index in [0.29, 0.717) is 18.6 Å². The van der Waals surface area contributed by atoms with Crippen molar-refractivity contribution in [1.29, 1.82) is 0 Å². The van der Waals surface area contributed by atoms with Crippen LogP contribution in [0.3, 0.4) is 0 Å². The third-order valence-electron chi connectivity index (χ3n) is 2.96. The first-order valence-corrected chi connectivity index (χ1v) is 6.95. The lowest BCUT2D eigenvalue weighted by Gasteiger charge is -2.29. The number of thioether (sulfide) groups is 1. The number of hydrogen-bond acceptors (Lipinski definition) is 4. The van der Waals surface area contributed by atoms with Gasteiger partial charge in [0.1, 0.15) is 11.6 Å². The lowest BCUT2D eigenvalue weighted by atomic mass is 10.0. The first kappa shape index (κ1) is 13.7. The molecule has 0 aromatic heterocycles. The van der Waals surface area contributed by atoms with Crippen LogP contribution >= 0.6 is 11.8 Å². The van der Waals surface area contributed by atoms with Gasteiger partial charge in [-0.2, -0.15) is 11.8 Å². The van der Waals surface area contributed by atoms with Crippen LogP contribution < -0.4 is 11.3 Å². The molecule has 1 fully saturated rings. The van der Waals surface area contributed by atoms with E-state index in [9.17, 15) is 8.78 Å². The molecule has 0 aliphatic carbocycles. The highest BCUT2D eigenvalue weighted by Crippen LogP contribution is 2.19. The SMILES string of the molecule is NNC(Cc1ccc(F)cc1F)C1CSCCO1. The molecular formula is C12H16F2N2OS. The van der Waals surface area contributed by atoms with Crippen LogP contribution in [0.25, 0.3) is 0 Å². The van der Waals surface area contributed by atoms with Crippen LogP contribution in [-0.4, -0.2) is 30.3 Å². The van der Waals surface area contributed by atoms with Gasteiger partial charge in [-0.05, 0) is 18.1 Å². The minimum atomic E-state index is -0.571. The average molecular weight is 274 g/mol. The molecule has 0 spiro atoms. The molecule has 3 nitrogen and oxygen atoms in total. The van der Waals surface area contributed by atoms with Crippen molar-refractivity contribution in [2.24, 2.45) is 5.84 Å². The van der Waals surface area contributed by atoms with Gasteiger partial charge in [-0.1, -0.05) is 6.07 Å². The maximum atomic E-state index is 13.6. The number of nitrogens with one attached hydrogen (secondary N) is 1. The van der Waals surface area contributed by atoms with Gasteiger partial charge in [0.25, 0.3) is 0 Å². The van der Waals surface area contributed by atoms with Crippen molar-refractivity contribution < 1.29 is 13.5 Å². The van der Waals surface area contributed by atoms with Gasteiger partial charge in [-0.15, -0.1) is 0 Å². The zero-order chi connectivity index (χ0) is 13.0. The summed E-state index contributed by atoms with van der Waals surface area (Å²) in [6, 6.07) is 3.42. The molecular weight excluding hydrogens is 258 g/mol. The zero-order valence-corrected chi connectivity index (χ0v) is 10.7. The number of benzene rings is 1. The van der Waals surface area contributed by atoms with E-state index >= 15 is 0 Å². The summed E-state index contributed by atoms with van der Waals surface area (Å²) in [5.41, 5.74) is 3.11. The highest BCUT2D eigenvalue weighted by molar-refractivity contribution is 7.99. The number of nitrogens with two attached hydrogens (primary N) is 1. The molecule has 3 N–H and O–H groups in total. The third kappa shape index (κ3) is 3.41. The highest BCUT2D eigenvalue weighted by atomic mass is 32.2. The van der Waals surface area contributed by atoms with E-state index in [1.54, 1.807) is 11.8 Å². The predicted octanol–water partition coefficient (Wildman–Crippen LogP) is 1.47. The molecule has 0 radical (unpaired) electrons. The molecule has 1 heterocycles. The van der Waals surface area contributed by atoms with Crippen LogP contribution in [-0.2, 0) is 11.2 Å². The minimum absolute atomic E-state index is 0.0433. The second-order valence-corrected chi connectivity index (χ2v) is 5.35. The summed E-state index contributed by atoms with van der Waals surface area (Å²) in [7, 11) is 0. The molecule has 100 valence electrons. The van der Waals surface area contributed by atoms with Crippen LogP contribution in [0.5, 0.6) is 0 Å². The molecule has 2 unspecified atom stereocenters. The van der Waals surface area contributed by atoms with Crippen LogP contribution in [0.4, 0.5) is 8.78 Å². The summed E-state index contributed by atoms with van der Waals surface area (Å²) in [6.07, 6.45) is 0.339. The lowest BCUT2D eigenvalue weighted by Crippen LogP contribution is -2.49. The molecule has 1 saturated heterocycles. The van der Waals surface area contributed by atoms with Crippen molar-refractivity contribution in [2.75, 3.05) is 18.1 Å². The van der Waals surface area contributed by atoms with Gasteiger partial charge in [-0.3, -0.25) is 11.3 Å². The smallest absolute Gasteiger partial charge is 0.129 e. The van der Waals surface area contributed by atoms with Gasteiger partial charge in [0.05, 0.1) is 18.8 Å². The van der Waals surface area contributed by atoms with E-state index < -0.39 is 11.6 Å². The second kappa shape index (κ2) is 6.47. The summed E-state index contributed by atoms with van der Waals surface area (Å²) < 4.78 is 32.0. The Balaban J connectivity index is 2.04. The van der Waals surface area contributed by atoms with Crippen LogP contribution in [0.2, 0.25) is 0 Å². The molecule has 18 heavy (non-hydrogen) atoms. The standard InChI is InChI=1S/C12H16F2N2OS/c13-9-2-1-8(10(14)6-9)5-11(16-15)12-7-18-4-3-17-12/h1-2,6,11-12,16H,3-5,7,15H2. The molecule has 1 aromatic rings. The Morgan fingerprint density at radius 1 is 1.50 bits per heavy atom. The maximum Gasteiger partial charge on any atom is 0.129 e. The van der Waals surface area contributed by atoms with Gasteiger partial charge in [0.2, 0.25) is 0 Å². The normalized spacial score (nSPS) is 21.8. The minimum Gasteiger partial charge on any atom is -0.375 e. The first-order chi connectivity index (χ1) is 8.70. The molecule has 2 rings (SSSR count). The molecule has 0 saturated carbocycles. The van der Waals surface area contributed by atoms with E-state index in [4.69, 9.17) is 10.6 Å². The number of hydrogen-bond donors (Lipinski definition) is 2.